The van der Waals surface area contributed by atoms with Crippen molar-refractivity contribution in [3.05, 3.63) is 46.6 Å². The fourth-order valence-electron chi connectivity index (χ4n) is 2.18. The van der Waals surface area contributed by atoms with Crippen LogP contribution in [0.4, 0.5) is 0 Å². The van der Waals surface area contributed by atoms with Crippen LogP contribution in [0.3, 0.4) is 0 Å². The van der Waals surface area contributed by atoms with Crippen LogP contribution < -0.4 is 5.32 Å². The van der Waals surface area contributed by atoms with Gasteiger partial charge >= 0.3 is 5.97 Å². The van der Waals surface area contributed by atoms with E-state index in [4.69, 9.17) is 11.6 Å². The minimum Gasteiger partial charge on any atom is -0.464 e. The quantitative estimate of drug-likeness (QED) is 0.649. The molecule has 4 nitrogen and oxygen atoms in total. The number of aliphatic imine (C=N–C) groups is 1. The molecule has 0 aromatic heterocycles. The highest BCUT2D eigenvalue weighted by Crippen LogP contribution is 2.12. The maximum absolute atomic E-state index is 11.4. The maximum atomic E-state index is 11.4. The van der Waals surface area contributed by atoms with Crippen molar-refractivity contribution in [2.24, 2.45) is 4.99 Å². The van der Waals surface area contributed by atoms with Gasteiger partial charge in [0.2, 0.25) is 0 Å². The summed E-state index contributed by atoms with van der Waals surface area (Å²) in [7, 11) is 1.37. The Bertz CT molecular complexity index is 567. The average Bonchev–Trinajstić information content (AvgIpc) is 2.51. The van der Waals surface area contributed by atoms with Crippen LogP contribution in [0.1, 0.15) is 18.4 Å². The average molecular weight is 307 g/mol. The lowest BCUT2D eigenvalue weighted by Gasteiger charge is -2.14. The van der Waals surface area contributed by atoms with Crippen LogP contribution in [0.15, 0.2) is 41.0 Å². The fraction of sp³-hybridized carbons (Fsp3) is 0.375. The van der Waals surface area contributed by atoms with Gasteiger partial charge in [-0.2, -0.15) is 0 Å². The van der Waals surface area contributed by atoms with Crippen molar-refractivity contribution < 1.29 is 9.53 Å². The minimum absolute atomic E-state index is 0.382. The van der Waals surface area contributed by atoms with Gasteiger partial charge in [0.15, 0.2) is 0 Å². The number of nitrogens with zero attached hydrogens (tertiary/aromatic N) is 1. The Morgan fingerprint density at radius 1 is 1.48 bits per heavy atom. The van der Waals surface area contributed by atoms with Crippen LogP contribution in [-0.2, 0) is 16.0 Å². The first-order valence-electron chi connectivity index (χ1n) is 7.00. The third kappa shape index (κ3) is 4.90. The molecule has 1 N–H and O–H groups in total. The molecule has 0 saturated carbocycles. The number of nitrogens with one attached hydrogen (secondary N) is 1. The molecule has 21 heavy (non-hydrogen) atoms. The van der Waals surface area contributed by atoms with Crippen LogP contribution in [-0.4, -0.2) is 31.9 Å². The molecule has 1 aliphatic rings. The van der Waals surface area contributed by atoms with Gasteiger partial charge in [0, 0.05) is 30.2 Å². The number of carbonyl (C=O) groups excluding carboxylic acids is 1. The minimum atomic E-state index is -0.382. The number of halogens is 1. The summed E-state index contributed by atoms with van der Waals surface area (Å²) < 4.78 is 4.68. The maximum Gasteiger partial charge on any atom is 0.356 e. The lowest BCUT2D eigenvalue weighted by Crippen LogP contribution is -2.23. The molecule has 112 valence electrons. The zero-order valence-electron chi connectivity index (χ0n) is 12.1. The van der Waals surface area contributed by atoms with Gasteiger partial charge in [-0.05, 0) is 36.6 Å². The molecule has 5 heteroatoms. The molecule has 0 amide bonds. The van der Waals surface area contributed by atoms with Crippen molar-refractivity contribution in [1.29, 1.82) is 0 Å². The van der Waals surface area contributed by atoms with Gasteiger partial charge in [-0.1, -0.05) is 23.7 Å². The predicted molar refractivity (Wildman–Crippen MR) is 84.8 cm³/mol. The van der Waals surface area contributed by atoms with Crippen LogP contribution in [0.5, 0.6) is 0 Å². The van der Waals surface area contributed by atoms with Crippen LogP contribution in [0.25, 0.3) is 0 Å². The van der Waals surface area contributed by atoms with Crippen molar-refractivity contribution in [2.75, 3.05) is 20.2 Å². The summed E-state index contributed by atoms with van der Waals surface area (Å²) in [6.45, 7) is 1.48. The second-order valence-electron chi connectivity index (χ2n) is 4.84. The molecule has 0 atom stereocenters. The first kappa shape index (κ1) is 15.6. The first-order chi connectivity index (χ1) is 10.2. The normalized spacial score (nSPS) is 14.2. The van der Waals surface area contributed by atoms with E-state index in [2.05, 4.69) is 21.1 Å². The summed E-state index contributed by atoms with van der Waals surface area (Å²) in [4.78, 5) is 15.6. The van der Waals surface area contributed by atoms with Crippen molar-refractivity contribution in [2.45, 2.75) is 19.3 Å². The number of methoxy groups -OCH3 is 1. The van der Waals surface area contributed by atoms with Crippen molar-refractivity contribution in [1.82, 2.24) is 5.32 Å². The second kappa shape index (κ2) is 7.84. The number of aryl methyl sites for hydroxylation is 1. The van der Waals surface area contributed by atoms with E-state index in [1.165, 1.54) is 12.7 Å². The molecule has 0 unspecified atom stereocenters. The van der Waals surface area contributed by atoms with Crippen molar-refractivity contribution in [3.8, 4) is 0 Å². The van der Waals surface area contributed by atoms with Crippen LogP contribution in [0, 0.1) is 0 Å². The highest BCUT2D eigenvalue weighted by molar-refractivity contribution is 6.41. The molecule has 0 spiro atoms. The van der Waals surface area contributed by atoms with Gasteiger partial charge in [0.1, 0.15) is 5.71 Å². The van der Waals surface area contributed by atoms with Gasteiger partial charge in [0.05, 0.1) is 7.11 Å². The Balaban J connectivity index is 1.77. The lowest BCUT2D eigenvalue weighted by atomic mass is 10.1. The molecule has 0 radical (unpaired) electrons. The second-order valence-corrected chi connectivity index (χ2v) is 5.27. The molecule has 2 rings (SSSR count). The number of rotatable bonds is 6. The molecule has 0 bridgehead atoms. The van der Waals surface area contributed by atoms with Gasteiger partial charge in [-0.15, -0.1) is 0 Å². The summed E-state index contributed by atoms with van der Waals surface area (Å²) in [6, 6.07) is 7.91. The smallest absolute Gasteiger partial charge is 0.356 e. The van der Waals surface area contributed by atoms with E-state index in [1.54, 1.807) is 6.08 Å². The number of hydrogen-bond donors (Lipinski definition) is 1. The van der Waals surface area contributed by atoms with E-state index in [-0.39, 0.29) is 5.97 Å². The molecular weight excluding hydrogens is 288 g/mol. The van der Waals surface area contributed by atoms with Crippen molar-refractivity contribution in [3.63, 3.8) is 0 Å². The van der Waals surface area contributed by atoms with Gasteiger partial charge in [-0.3, -0.25) is 4.99 Å². The number of benzene rings is 1. The van der Waals surface area contributed by atoms with Gasteiger partial charge in [0.25, 0.3) is 0 Å². The van der Waals surface area contributed by atoms with E-state index in [0.29, 0.717) is 12.3 Å². The van der Waals surface area contributed by atoms with E-state index < -0.39 is 0 Å². The number of carbonyl (C=O) groups is 1. The highest BCUT2D eigenvalue weighted by atomic mass is 35.5. The third-order valence-corrected chi connectivity index (χ3v) is 3.49. The largest absolute Gasteiger partial charge is 0.464 e. The Labute approximate surface area is 129 Å². The number of hydrogen-bond acceptors (Lipinski definition) is 4. The molecule has 0 fully saturated rings. The molecule has 1 aromatic rings. The third-order valence-electron chi connectivity index (χ3n) is 3.25. The fourth-order valence-corrected chi connectivity index (χ4v) is 2.39. The predicted octanol–water partition coefficient (Wildman–Crippen LogP) is 2.76. The number of ether oxygens (including phenoxy) is 1. The molecule has 0 saturated heterocycles. The summed E-state index contributed by atoms with van der Waals surface area (Å²) >= 11 is 5.96. The molecular formula is C16H19ClN2O2. The zero-order valence-corrected chi connectivity index (χ0v) is 12.8. The zero-order chi connectivity index (χ0) is 15.1. The molecule has 1 aliphatic heterocycles. The standard InChI is InChI=1S/C16H19ClN2O2/c1-21-16(20)15-11-14(7-9-19-15)18-8-3-5-12-4-2-6-13(17)10-12/h2,4,6,10-11,18H,3,5,7-9H2,1H3. The Hall–Kier alpha value is -1.81. The summed E-state index contributed by atoms with van der Waals surface area (Å²) in [5, 5.41) is 4.13. The van der Waals surface area contributed by atoms with E-state index >= 15 is 0 Å². The summed E-state index contributed by atoms with van der Waals surface area (Å²) in [6.07, 6.45) is 4.58. The molecule has 0 aliphatic carbocycles. The Morgan fingerprint density at radius 3 is 3.10 bits per heavy atom. The first-order valence-corrected chi connectivity index (χ1v) is 7.38. The van der Waals surface area contributed by atoms with Crippen LogP contribution >= 0.6 is 11.6 Å². The van der Waals surface area contributed by atoms with E-state index in [0.717, 1.165) is 36.5 Å². The van der Waals surface area contributed by atoms with Gasteiger partial charge < -0.3 is 10.1 Å². The molecule has 1 aromatic carbocycles. The Morgan fingerprint density at radius 2 is 2.33 bits per heavy atom. The van der Waals surface area contributed by atoms with Crippen molar-refractivity contribution >= 4 is 23.3 Å². The van der Waals surface area contributed by atoms with E-state index in [1.807, 2.05) is 18.2 Å². The highest BCUT2D eigenvalue weighted by Gasteiger charge is 2.13. The topological polar surface area (TPSA) is 50.7 Å². The summed E-state index contributed by atoms with van der Waals surface area (Å²) in [5.74, 6) is -0.382. The van der Waals surface area contributed by atoms with Gasteiger partial charge in [-0.25, -0.2) is 4.79 Å². The number of esters is 1. The summed E-state index contributed by atoms with van der Waals surface area (Å²) in [5.41, 5.74) is 2.66. The van der Waals surface area contributed by atoms with Crippen LogP contribution in [0.2, 0.25) is 5.02 Å². The molecule has 1 heterocycles. The monoisotopic (exact) mass is 306 g/mol. The SMILES string of the molecule is COC(=O)C1=NCCC(NCCCc2cccc(Cl)c2)=C1. The van der Waals surface area contributed by atoms with E-state index in [9.17, 15) is 4.79 Å². The Kier molecular flexibility index (Phi) is 5.81. The number of dihydropyridines is 1. The lowest BCUT2D eigenvalue weighted by molar-refractivity contribution is -0.132.